The van der Waals surface area contributed by atoms with Gasteiger partial charge >= 0.3 is 0 Å². The van der Waals surface area contributed by atoms with Gasteiger partial charge in [-0.3, -0.25) is 4.79 Å². The Labute approximate surface area is 155 Å². The molecular weight excluding hydrogens is 346 g/mol. The van der Waals surface area contributed by atoms with Crippen LogP contribution < -0.4 is 10.6 Å². The number of amides is 1. The van der Waals surface area contributed by atoms with Crippen LogP contribution in [0.2, 0.25) is 0 Å². The fourth-order valence-electron chi connectivity index (χ4n) is 4.00. The quantitative estimate of drug-likeness (QED) is 0.740. The summed E-state index contributed by atoms with van der Waals surface area (Å²) in [7, 11) is 0. The summed E-state index contributed by atoms with van der Waals surface area (Å²) in [5.41, 5.74) is 2.09. The van der Waals surface area contributed by atoms with Crippen LogP contribution in [0, 0.1) is 0 Å². The van der Waals surface area contributed by atoms with Crippen LogP contribution in [0.4, 0.5) is 0 Å². The van der Waals surface area contributed by atoms with Crippen LogP contribution in [0.25, 0.3) is 21.8 Å². The summed E-state index contributed by atoms with van der Waals surface area (Å²) in [6.07, 6.45) is 5.19. The highest BCUT2D eigenvalue weighted by atomic mass is 32.1. The molecule has 5 nitrogen and oxygen atoms in total. The summed E-state index contributed by atoms with van der Waals surface area (Å²) in [6, 6.07) is 14.9. The minimum atomic E-state index is -0.128. The van der Waals surface area contributed by atoms with Gasteiger partial charge in [0.05, 0.1) is 4.88 Å². The SMILES string of the molecule is O=C(NC1CC2CCC1N2)c1ccc(-c2ccc(-c3ccns3)cc2)o1. The van der Waals surface area contributed by atoms with E-state index >= 15 is 0 Å². The molecule has 2 aromatic heterocycles. The Hall–Kier alpha value is -2.44. The zero-order valence-electron chi connectivity index (χ0n) is 14.1. The van der Waals surface area contributed by atoms with Crippen molar-refractivity contribution >= 4 is 17.4 Å². The van der Waals surface area contributed by atoms with Crippen molar-refractivity contribution in [2.24, 2.45) is 0 Å². The van der Waals surface area contributed by atoms with Gasteiger partial charge in [-0.2, -0.15) is 0 Å². The van der Waals surface area contributed by atoms with Gasteiger partial charge in [-0.1, -0.05) is 24.3 Å². The number of nitrogens with one attached hydrogen (secondary N) is 2. The third kappa shape index (κ3) is 2.85. The van der Waals surface area contributed by atoms with Gasteiger partial charge in [0.1, 0.15) is 5.76 Å². The molecule has 2 N–H and O–H groups in total. The van der Waals surface area contributed by atoms with E-state index in [1.54, 1.807) is 12.3 Å². The Bertz CT molecular complexity index is 917. The van der Waals surface area contributed by atoms with Gasteiger partial charge in [0.25, 0.3) is 5.91 Å². The average molecular weight is 365 g/mol. The predicted octanol–water partition coefficient (Wildman–Crippen LogP) is 3.69. The Morgan fingerprint density at radius 3 is 2.65 bits per heavy atom. The number of carbonyl (C=O) groups is 1. The first kappa shape index (κ1) is 15.8. The number of furan rings is 1. The van der Waals surface area contributed by atoms with E-state index in [0.717, 1.165) is 28.8 Å². The third-order valence-electron chi connectivity index (χ3n) is 5.34. The molecule has 0 spiro atoms. The summed E-state index contributed by atoms with van der Waals surface area (Å²) in [4.78, 5) is 13.6. The first-order valence-corrected chi connectivity index (χ1v) is 9.72. The molecule has 2 fully saturated rings. The number of carbonyl (C=O) groups excluding carboxylic acids is 1. The van der Waals surface area contributed by atoms with Gasteiger partial charge in [-0.25, -0.2) is 4.37 Å². The minimum absolute atomic E-state index is 0.128. The van der Waals surface area contributed by atoms with Crippen LogP contribution in [0.1, 0.15) is 29.8 Å². The molecule has 3 aromatic rings. The Morgan fingerprint density at radius 2 is 1.96 bits per heavy atom. The molecule has 3 atom stereocenters. The smallest absolute Gasteiger partial charge is 0.287 e. The average Bonchev–Trinajstić information content (AvgIpc) is 3.46. The van der Waals surface area contributed by atoms with Crippen molar-refractivity contribution in [2.75, 3.05) is 0 Å². The summed E-state index contributed by atoms with van der Waals surface area (Å²) in [5, 5.41) is 6.65. The van der Waals surface area contributed by atoms with Crippen molar-refractivity contribution in [3.8, 4) is 21.8 Å². The van der Waals surface area contributed by atoms with Crippen molar-refractivity contribution in [3.63, 3.8) is 0 Å². The lowest BCUT2D eigenvalue weighted by Gasteiger charge is -2.20. The molecule has 2 aliphatic heterocycles. The molecule has 0 aliphatic carbocycles. The number of hydrogen-bond acceptors (Lipinski definition) is 5. The van der Waals surface area contributed by atoms with Gasteiger partial charge in [0, 0.05) is 29.9 Å². The second-order valence-corrected chi connectivity index (χ2v) is 7.81. The van der Waals surface area contributed by atoms with E-state index in [1.807, 2.05) is 36.4 Å². The maximum absolute atomic E-state index is 12.5. The topological polar surface area (TPSA) is 67.2 Å². The zero-order chi connectivity index (χ0) is 17.5. The van der Waals surface area contributed by atoms with Crippen LogP contribution in [0.15, 0.2) is 53.1 Å². The lowest BCUT2D eigenvalue weighted by Crippen LogP contribution is -2.42. The van der Waals surface area contributed by atoms with Gasteiger partial charge in [-0.15, -0.1) is 0 Å². The van der Waals surface area contributed by atoms with Crippen molar-refractivity contribution < 1.29 is 9.21 Å². The van der Waals surface area contributed by atoms with Gasteiger partial charge in [0.2, 0.25) is 0 Å². The lowest BCUT2D eigenvalue weighted by molar-refractivity contribution is 0.0903. The fraction of sp³-hybridized carbons (Fsp3) is 0.300. The van der Waals surface area contributed by atoms with Crippen molar-refractivity contribution in [1.82, 2.24) is 15.0 Å². The highest BCUT2D eigenvalue weighted by Gasteiger charge is 2.39. The Balaban J connectivity index is 1.29. The first-order chi connectivity index (χ1) is 12.8. The maximum atomic E-state index is 12.5. The van der Waals surface area contributed by atoms with E-state index in [1.165, 1.54) is 18.0 Å². The largest absolute Gasteiger partial charge is 0.451 e. The minimum Gasteiger partial charge on any atom is -0.451 e. The molecule has 1 aromatic carbocycles. The molecule has 2 bridgehead atoms. The molecule has 1 amide bonds. The second kappa shape index (κ2) is 6.37. The molecule has 0 saturated carbocycles. The standard InChI is InChI=1S/C20H19N3O2S/c24-20(23-16-11-14-5-6-15(16)22-14)18-8-7-17(25-18)12-1-3-13(4-2-12)19-9-10-21-26-19/h1-4,7-10,14-16,22H,5-6,11H2,(H,23,24). The molecule has 5 rings (SSSR count). The third-order valence-corrected chi connectivity index (χ3v) is 6.13. The number of rotatable bonds is 4. The van der Waals surface area contributed by atoms with Crippen LogP contribution in [-0.4, -0.2) is 28.4 Å². The molecule has 132 valence electrons. The van der Waals surface area contributed by atoms with E-state index in [-0.39, 0.29) is 11.9 Å². The Morgan fingerprint density at radius 1 is 1.12 bits per heavy atom. The number of fused-ring (bicyclic) bond motifs is 2. The summed E-state index contributed by atoms with van der Waals surface area (Å²) in [5.74, 6) is 0.947. The van der Waals surface area contributed by atoms with Gasteiger partial charge in [0.15, 0.2) is 5.76 Å². The lowest BCUT2D eigenvalue weighted by atomic mass is 9.95. The maximum Gasteiger partial charge on any atom is 0.287 e. The van der Waals surface area contributed by atoms with E-state index in [2.05, 4.69) is 15.0 Å². The zero-order valence-corrected chi connectivity index (χ0v) is 15.0. The first-order valence-electron chi connectivity index (χ1n) is 8.94. The van der Waals surface area contributed by atoms with Crippen LogP contribution in [-0.2, 0) is 0 Å². The van der Waals surface area contributed by atoms with Gasteiger partial charge in [-0.05, 0) is 54.6 Å². The molecule has 26 heavy (non-hydrogen) atoms. The molecule has 3 unspecified atom stereocenters. The van der Waals surface area contributed by atoms with Crippen LogP contribution in [0.3, 0.4) is 0 Å². The van der Waals surface area contributed by atoms with Crippen molar-refractivity contribution in [1.29, 1.82) is 0 Å². The normalized spacial score (nSPS) is 24.1. The van der Waals surface area contributed by atoms with E-state index < -0.39 is 0 Å². The van der Waals surface area contributed by atoms with Crippen LogP contribution in [0.5, 0.6) is 0 Å². The summed E-state index contributed by atoms with van der Waals surface area (Å²) < 4.78 is 9.94. The summed E-state index contributed by atoms with van der Waals surface area (Å²) in [6.45, 7) is 0. The van der Waals surface area contributed by atoms with Gasteiger partial charge < -0.3 is 15.1 Å². The van der Waals surface area contributed by atoms with Crippen molar-refractivity contribution in [3.05, 3.63) is 54.4 Å². The van der Waals surface area contributed by atoms with E-state index in [4.69, 9.17) is 4.42 Å². The molecule has 2 saturated heterocycles. The summed E-state index contributed by atoms with van der Waals surface area (Å²) >= 11 is 1.47. The number of hydrogen-bond donors (Lipinski definition) is 2. The number of benzene rings is 1. The predicted molar refractivity (Wildman–Crippen MR) is 101 cm³/mol. The molecule has 0 radical (unpaired) electrons. The van der Waals surface area contributed by atoms with Crippen LogP contribution >= 0.6 is 11.5 Å². The Kier molecular flexibility index (Phi) is 3.87. The fourth-order valence-corrected chi connectivity index (χ4v) is 4.60. The number of nitrogens with zero attached hydrogens (tertiary/aromatic N) is 1. The molecule has 4 heterocycles. The highest BCUT2D eigenvalue weighted by Crippen LogP contribution is 2.30. The number of aromatic nitrogens is 1. The molecule has 2 aliphatic rings. The molecule has 6 heteroatoms. The molecular formula is C20H19N3O2S. The second-order valence-electron chi connectivity index (χ2n) is 6.98. The monoisotopic (exact) mass is 365 g/mol. The van der Waals surface area contributed by atoms with Crippen molar-refractivity contribution in [2.45, 2.75) is 37.4 Å². The van der Waals surface area contributed by atoms with E-state index in [0.29, 0.717) is 23.6 Å². The highest BCUT2D eigenvalue weighted by molar-refractivity contribution is 7.09. The van der Waals surface area contributed by atoms with E-state index in [9.17, 15) is 4.79 Å².